The molecule has 1 aromatic carbocycles. The van der Waals surface area contributed by atoms with Gasteiger partial charge in [-0.15, -0.1) is 0 Å². The second-order valence-corrected chi connectivity index (χ2v) is 5.06. The van der Waals surface area contributed by atoms with Crippen LogP contribution in [0.2, 0.25) is 0 Å². The standard InChI is InChI=1S/C16H21FN2O/c1-3-4-5-16(13-6-8-14(17)9-7-13)18-11-15-10-12(2)19-20-15/h6-10,16,18H,3-5,11H2,1-2H3. The van der Waals surface area contributed by atoms with Gasteiger partial charge < -0.3 is 9.84 Å². The summed E-state index contributed by atoms with van der Waals surface area (Å²) in [6, 6.07) is 8.83. The van der Waals surface area contributed by atoms with Crippen molar-refractivity contribution in [2.45, 2.75) is 45.7 Å². The van der Waals surface area contributed by atoms with Crippen LogP contribution in [-0.2, 0) is 6.54 Å². The largest absolute Gasteiger partial charge is 0.360 e. The van der Waals surface area contributed by atoms with Gasteiger partial charge in [0, 0.05) is 12.1 Å². The first kappa shape index (κ1) is 14.7. The molecule has 3 nitrogen and oxygen atoms in total. The van der Waals surface area contributed by atoms with E-state index in [-0.39, 0.29) is 11.9 Å². The third-order valence-corrected chi connectivity index (χ3v) is 3.32. The maximum Gasteiger partial charge on any atom is 0.150 e. The normalized spacial score (nSPS) is 12.6. The lowest BCUT2D eigenvalue weighted by molar-refractivity contribution is 0.356. The molecule has 1 heterocycles. The van der Waals surface area contributed by atoms with Crippen molar-refractivity contribution in [3.8, 4) is 0 Å². The number of unbranched alkanes of at least 4 members (excludes halogenated alkanes) is 1. The van der Waals surface area contributed by atoms with Crippen LogP contribution in [0, 0.1) is 12.7 Å². The highest BCUT2D eigenvalue weighted by Gasteiger charge is 2.12. The summed E-state index contributed by atoms with van der Waals surface area (Å²) in [4.78, 5) is 0. The molecule has 20 heavy (non-hydrogen) atoms. The lowest BCUT2D eigenvalue weighted by Gasteiger charge is -2.18. The fourth-order valence-electron chi connectivity index (χ4n) is 2.21. The molecule has 0 radical (unpaired) electrons. The molecule has 0 spiro atoms. The zero-order valence-corrected chi connectivity index (χ0v) is 12.0. The van der Waals surface area contributed by atoms with Crippen molar-refractivity contribution in [1.29, 1.82) is 0 Å². The molecule has 0 saturated carbocycles. The Balaban J connectivity index is 2.01. The van der Waals surface area contributed by atoms with E-state index in [1.54, 1.807) is 0 Å². The van der Waals surface area contributed by atoms with Crippen LogP contribution < -0.4 is 5.32 Å². The highest BCUT2D eigenvalue weighted by atomic mass is 19.1. The molecule has 0 aliphatic heterocycles. The van der Waals surface area contributed by atoms with Gasteiger partial charge in [-0.25, -0.2) is 4.39 Å². The second-order valence-electron chi connectivity index (χ2n) is 5.06. The van der Waals surface area contributed by atoms with Gasteiger partial charge in [0.15, 0.2) is 5.76 Å². The van der Waals surface area contributed by atoms with Crippen LogP contribution in [-0.4, -0.2) is 5.16 Å². The lowest BCUT2D eigenvalue weighted by atomic mass is 10.0. The predicted molar refractivity (Wildman–Crippen MR) is 76.7 cm³/mol. The summed E-state index contributed by atoms with van der Waals surface area (Å²) < 4.78 is 18.2. The first-order chi connectivity index (χ1) is 9.69. The molecule has 4 heteroatoms. The topological polar surface area (TPSA) is 38.1 Å². The summed E-state index contributed by atoms with van der Waals surface area (Å²) in [5, 5.41) is 7.34. The van der Waals surface area contributed by atoms with Crippen LogP contribution in [0.1, 0.15) is 49.2 Å². The van der Waals surface area contributed by atoms with E-state index in [1.165, 1.54) is 12.1 Å². The van der Waals surface area contributed by atoms with E-state index < -0.39 is 0 Å². The van der Waals surface area contributed by atoms with E-state index in [1.807, 2.05) is 25.1 Å². The van der Waals surface area contributed by atoms with Crippen molar-refractivity contribution in [1.82, 2.24) is 10.5 Å². The molecule has 108 valence electrons. The summed E-state index contributed by atoms with van der Waals surface area (Å²) in [7, 11) is 0. The summed E-state index contributed by atoms with van der Waals surface area (Å²) in [6.07, 6.45) is 3.29. The summed E-state index contributed by atoms with van der Waals surface area (Å²) in [5.41, 5.74) is 1.99. The van der Waals surface area contributed by atoms with Gasteiger partial charge in [-0.05, 0) is 31.0 Å². The Labute approximate surface area is 119 Å². The Kier molecular flexibility index (Phi) is 5.30. The Morgan fingerprint density at radius 1 is 1.30 bits per heavy atom. The number of aromatic nitrogens is 1. The van der Waals surface area contributed by atoms with Gasteiger partial charge in [0.25, 0.3) is 0 Å². The molecule has 0 amide bonds. The second kappa shape index (κ2) is 7.20. The Hall–Kier alpha value is -1.68. The third kappa shape index (κ3) is 4.17. The van der Waals surface area contributed by atoms with Crippen LogP contribution in [0.4, 0.5) is 4.39 Å². The maximum absolute atomic E-state index is 13.0. The van der Waals surface area contributed by atoms with Crippen molar-refractivity contribution in [2.75, 3.05) is 0 Å². The van der Waals surface area contributed by atoms with Gasteiger partial charge in [0.1, 0.15) is 5.82 Å². The number of nitrogens with one attached hydrogen (secondary N) is 1. The van der Waals surface area contributed by atoms with E-state index in [2.05, 4.69) is 17.4 Å². The molecule has 0 saturated heterocycles. The third-order valence-electron chi connectivity index (χ3n) is 3.32. The molecule has 0 bridgehead atoms. The zero-order chi connectivity index (χ0) is 14.4. The molecule has 2 aromatic rings. The fourth-order valence-corrected chi connectivity index (χ4v) is 2.21. The van der Waals surface area contributed by atoms with Crippen molar-refractivity contribution in [3.63, 3.8) is 0 Å². The minimum absolute atomic E-state index is 0.200. The fraction of sp³-hybridized carbons (Fsp3) is 0.438. The molecule has 0 fully saturated rings. The maximum atomic E-state index is 13.0. The first-order valence-corrected chi connectivity index (χ1v) is 7.10. The molecule has 0 aliphatic carbocycles. The molecule has 1 atom stereocenters. The molecule has 2 rings (SSSR count). The first-order valence-electron chi connectivity index (χ1n) is 7.10. The van der Waals surface area contributed by atoms with Crippen LogP contribution in [0.5, 0.6) is 0 Å². The SMILES string of the molecule is CCCCC(NCc1cc(C)no1)c1ccc(F)cc1. The summed E-state index contributed by atoms with van der Waals surface area (Å²) >= 11 is 0. The summed E-state index contributed by atoms with van der Waals surface area (Å²) in [6.45, 7) is 4.70. The number of aryl methyl sites for hydroxylation is 1. The minimum atomic E-state index is -0.200. The van der Waals surface area contributed by atoms with Crippen molar-refractivity contribution >= 4 is 0 Å². The molecule has 1 unspecified atom stereocenters. The Morgan fingerprint density at radius 3 is 2.65 bits per heavy atom. The number of hydrogen-bond acceptors (Lipinski definition) is 3. The van der Waals surface area contributed by atoms with Crippen LogP contribution >= 0.6 is 0 Å². The van der Waals surface area contributed by atoms with Gasteiger partial charge in [0.2, 0.25) is 0 Å². The van der Waals surface area contributed by atoms with Gasteiger partial charge in [-0.1, -0.05) is 37.1 Å². The van der Waals surface area contributed by atoms with Crippen LogP contribution in [0.15, 0.2) is 34.9 Å². The Morgan fingerprint density at radius 2 is 2.05 bits per heavy atom. The highest BCUT2D eigenvalue weighted by molar-refractivity contribution is 5.20. The van der Waals surface area contributed by atoms with Crippen molar-refractivity contribution in [3.05, 3.63) is 53.2 Å². The van der Waals surface area contributed by atoms with Crippen LogP contribution in [0.25, 0.3) is 0 Å². The average molecular weight is 276 g/mol. The smallest absolute Gasteiger partial charge is 0.150 e. The molecule has 1 N–H and O–H groups in total. The number of halogens is 1. The van der Waals surface area contributed by atoms with Crippen molar-refractivity contribution in [2.24, 2.45) is 0 Å². The molecular weight excluding hydrogens is 255 g/mol. The van der Waals surface area contributed by atoms with E-state index in [0.717, 1.165) is 36.3 Å². The van der Waals surface area contributed by atoms with Gasteiger partial charge in [0.05, 0.1) is 12.2 Å². The number of hydrogen-bond donors (Lipinski definition) is 1. The summed E-state index contributed by atoms with van der Waals surface area (Å²) in [5.74, 6) is 0.625. The van der Waals surface area contributed by atoms with E-state index in [0.29, 0.717) is 6.54 Å². The van der Waals surface area contributed by atoms with Crippen LogP contribution in [0.3, 0.4) is 0 Å². The van der Waals surface area contributed by atoms with Gasteiger partial charge in [-0.2, -0.15) is 0 Å². The number of benzene rings is 1. The highest BCUT2D eigenvalue weighted by Crippen LogP contribution is 2.20. The number of nitrogens with zero attached hydrogens (tertiary/aromatic N) is 1. The van der Waals surface area contributed by atoms with Gasteiger partial charge in [-0.3, -0.25) is 0 Å². The van der Waals surface area contributed by atoms with E-state index in [4.69, 9.17) is 4.52 Å². The number of rotatable bonds is 7. The minimum Gasteiger partial charge on any atom is -0.360 e. The van der Waals surface area contributed by atoms with E-state index >= 15 is 0 Å². The van der Waals surface area contributed by atoms with Gasteiger partial charge >= 0.3 is 0 Å². The molecular formula is C16H21FN2O. The predicted octanol–water partition coefficient (Wildman–Crippen LogP) is 4.14. The Bertz CT molecular complexity index is 522. The lowest BCUT2D eigenvalue weighted by Crippen LogP contribution is -2.20. The quantitative estimate of drug-likeness (QED) is 0.825. The molecule has 0 aliphatic rings. The monoisotopic (exact) mass is 276 g/mol. The van der Waals surface area contributed by atoms with E-state index in [9.17, 15) is 4.39 Å². The van der Waals surface area contributed by atoms with Crippen molar-refractivity contribution < 1.29 is 8.91 Å². The zero-order valence-electron chi connectivity index (χ0n) is 12.0. The molecule has 1 aromatic heterocycles. The average Bonchev–Trinajstić information content (AvgIpc) is 2.86.